The van der Waals surface area contributed by atoms with Crippen molar-refractivity contribution >= 4 is 34.6 Å². The van der Waals surface area contributed by atoms with E-state index >= 15 is 0 Å². The Hall–Kier alpha value is -2.26. The number of nitrogens with zero attached hydrogens (tertiary/aromatic N) is 3. The summed E-state index contributed by atoms with van der Waals surface area (Å²) in [5, 5.41) is 12.1. The predicted octanol–water partition coefficient (Wildman–Crippen LogP) is 3.32. The second-order valence-electron chi connectivity index (χ2n) is 7.65. The lowest BCUT2D eigenvalue weighted by atomic mass is 9.95. The fourth-order valence-corrected chi connectivity index (χ4v) is 5.05. The van der Waals surface area contributed by atoms with Crippen LogP contribution in [0.4, 0.5) is 0 Å². The number of amides is 1. The Morgan fingerprint density at radius 2 is 1.90 bits per heavy atom. The zero-order valence-corrected chi connectivity index (χ0v) is 19.0. The van der Waals surface area contributed by atoms with Crippen molar-refractivity contribution in [2.45, 2.75) is 19.9 Å². The first-order valence-corrected chi connectivity index (χ1v) is 11.3. The highest BCUT2D eigenvalue weighted by molar-refractivity contribution is 7.14. The Labute approximate surface area is 189 Å². The molecule has 7 nitrogen and oxygen atoms in total. The maximum Gasteiger partial charge on any atom is 0.290 e. The van der Waals surface area contributed by atoms with Crippen molar-refractivity contribution in [1.82, 2.24) is 14.8 Å². The molecule has 164 valence electrons. The van der Waals surface area contributed by atoms with E-state index < -0.39 is 17.7 Å². The summed E-state index contributed by atoms with van der Waals surface area (Å²) in [7, 11) is 0. The Morgan fingerprint density at radius 3 is 2.52 bits per heavy atom. The van der Waals surface area contributed by atoms with Gasteiger partial charge in [-0.15, -0.1) is 11.3 Å². The number of carbonyl (C=O) groups is 2. The summed E-state index contributed by atoms with van der Waals surface area (Å²) < 4.78 is 5.39. The number of benzene rings is 1. The Bertz CT molecular complexity index is 1030. The molecule has 1 aromatic carbocycles. The average Bonchev–Trinajstić information content (AvgIpc) is 3.23. The van der Waals surface area contributed by atoms with Crippen molar-refractivity contribution in [2.75, 3.05) is 39.4 Å². The molecule has 1 aromatic heterocycles. The minimum absolute atomic E-state index is 0.0982. The smallest absolute Gasteiger partial charge is 0.290 e. The van der Waals surface area contributed by atoms with Gasteiger partial charge in [-0.05, 0) is 31.5 Å². The number of aliphatic hydroxyl groups excluding tert-OH is 1. The molecule has 3 heterocycles. The number of aliphatic hydroxyl groups is 1. The molecule has 0 unspecified atom stereocenters. The topological polar surface area (TPSA) is 83.0 Å². The highest BCUT2D eigenvalue weighted by Crippen LogP contribution is 2.40. The van der Waals surface area contributed by atoms with Crippen LogP contribution in [0.15, 0.2) is 35.6 Å². The van der Waals surface area contributed by atoms with Gasteiger partial charge in [0, 0.05) is 31.2 Å². The highest BCUT2D eigenvalue weighted by Gasteiger charge is 2.44. The zero-order chi connectivity index (χ0) is 22.1. The van der Waals surface area contributed by atoms with Crippen molar-refractivity contribution in [3.05, 3.63) is 61.8 Å². The van der Waals surface area contributed by atoms with Crippen LogP contribution in [-0.4, -0.2) is 71.0 Å². The van der Waals surface area contributed by atoms with Crippen LogP contribution in [0.2, 0.25) is 5.02 Å². The fraction of sp³-hybridized carbons (Fsp3) is 0.409. The van der Waals surface area contributed by atoms with Crippen LogP contribution in [0.1, 0.15) is 32.0 Å². The normalized spacial score (nSPS) is 20.0. The Morgan fingerprint density at radius 1 is 1.23 bits per heavy atom. The first-order valence-electron chi connectivity index (χ1n) is 10.1. The van der Waals surface area contributed by atoms with Gasteiger partial charge in [0.05, 0.1) is 40.4 Å². The van der Waals surface area contributed by atoms with Gasteiger partial charge in [0.15, 0.2) is 5.76 Å². The molecule has 0 saturated carbocycles. The summed E-state index contributed by atoms with van der Waals surface area (Å²) in [4.78, 5) is 35.1. The van der Waals surface area contributed by atoms with Crippen molar-refractivity contribution in [2.24, 2.45) is 0 Å². The van der Waals surface area contributed by atoms with Gasteiger partial charge in [0.2, 0.25) is 5.78 Å². The van der Waals surface area contributed by atoms with Gasteiger partial charge in [0.25, 0.3) is 5.91 Å². The third-order valence-corrected chi connectivity index (χ3v) is 6.93. The van der Waals surface area contributed by atoms with Crippen LogP contribution in [0.25, 0.3) is 0 Å². The highest BCUT2D eigenvalue weighted by atomic mass is 35.5. The zero-order valence-electron chi connectivity index (χ0n) is 17.4. The van der Waals surface area contributed by atoms with Gasteiger partial charge in [0.1, 0.15) is 0 Å². The fourth-order valence-electron chi connectivity index (χ4n) is 4.05. The van der Waals surface area contributed by atoms with Crippen LogP contribution in [-0.2, 0) is 9.53 Å². The summed E-state index contributed by atoms with van der Waals surface area (Å²) in [5.41, 5.74) is 1.42. The number of Topliss-reactive ketones (excluding diaryl/α,β-unsaturated/α-hetero) is 1. The van der Waals surface area contributed by atoms with Crippen LogP contribution >= 0.6 is 22.9 Å². The first kappa shape index (κ1) is 22.0. The van der Waals surface area contributed by atoms with E-state index in [-0.39, 0.29) is 11.4 Å². The van der Waals surface area contributed by atoms with Gasteiger partial charge < -0.3 is 14.7 Å². The molecule has 0 aliphatic carbocycles. The molecular weight excluding hydrogens is 438 g/mol. The van der Waals surface area contributed by atoms with E-state index in [1.165, 1.54) is 11.3 Å². The van der Waals surface area contributed by atoms with E-state index in [4.69, 9.17) is 16.3 Å². The molecular formula is C22H24ClN3O4S. The summed E-state index contributed by atoms with van der Waals surface area (Å²) in [6.45, 7) is 7.50. The molecule has 31 heavy (non-hydrogen) atoms. The molecule has 0 spiro atoms. The lowest BCUT2D eigenvalue weighted by Crippen LogP contribution is -2.43. The van der Waals surface area contributed by atoms with Crippen LogP contribution in [0.5, 0.6) is 0 Å². The molecule has 1 atom stereocenters. The van der Waals surface area contributed by atoms with Crippen molar-refractivity contribution in [3.8, 4) is 0 Å². The van der Waals surface area contributed by atoms with E-state index in [1.807, 2.05) is 6.92 Å². The van der Waals surface area contributed by atoms with Gasteiger partial charge in [-0.2, -0.15) is 0 Å². The van der Waals surface area contributed by atoms with E-state index in [9.17, 15) is 14.7 Å². The second-order valence-corrected chi connectivity index (χ2v) is 9.29. The number of hydrogen-bond donors (Lipinski definition) is 1. The number of rotatable bonds is 6. The number of ketones is 1. The molecule has 2 aromatic rings. The minimum Gasteiger partial charge on any atom is -0.503 e. The largest absolute Gasteiger partial charge is 0.503 e. The number of aromatic nitrogens is 1. The molecule has 2 aliphatic heterocycles. The molecule has 1 N–H and O–H groups in total. The molecule has 0 bridgehead atoms. The van der Waals surface area contributed by atoms with Crippen molar-refractivity contribution in [3.63, 3.8) is 0 Å². The van der Waals surface area contributed by atoms with E-state index in [0.29, 0.717) is 41.9 Å². The lowest BCUT2D eigenvalue weighted by molar-refractivity contribution is -0.129. The number of halogens is 1. The summed E-state index contributed by atoms with van der Waals surface area (Å²) >= 11 is 7.33. The number of hydrogen-bond acceptors (Lipinski definition) is 7. The Kier molecular flexibility index (Phi) is 6.43. The second kappa shape index (κ2) is 9.08. The minimum atomic E-state index is -0.680. The molecule has 1 saturated heterocycles. The van der Waals surface area contributed by atoms with Crippen molar-refractivity contribution in [1.29, 1.82) is 0 Å². The molecule has 4 rings (SSSR count). The van der Waals surface area contributed by atoms with Crippen LogP contribution in [0.3, 0.4) is 0 Å². The Balaban J connectivity index is 1.69. The van der Waals surface area contributed by atoms with Gasteiger partial charge in [-0.1, -0.05) is 23.7 Å². The van der Waals surface area contributed by atoms with Crippen LogP contribution < -0.4 is 0 Å². The maximum atomic E-state index is 13.5. The summed E-state index contributed by atoms with van der Waals surface area (Å²) in [6, 6.07) is 6.35. The third-order valence-electron chi connectivity index (χ3n) is 5.60. The van der Waals surface area contributed by atoms with E-state index in [1.54, 1.807) is 36.1 Å². The van der Waals surface area contributed by atoms with Gasteiger partial charge >= 0.3 is 0 Å². The molecule has 0 radical (unpaired) electrons. The standard InChI is InChI=1S/C22H24ClN3O4S/c1-13-21(31-14(2)24-13)19(27)17-18(15-3-5-16(23)6-4-15)26(22(29)20(17)28)8-7-25-9-11-30-12-10-25/h3-6,18,28H,7-12H2,1-2H3/t18-/m1/s1. The molecule has 1 fully saturated rings. The predicted molar refractivity (Wildman–Crippen MR) is 119 cm³/mol. The monoisotopic (exact) mass is 461 g/mol. The molecule has 9 heteroatoms. The average molecular weight is 462 g/mol. The SMILES string of the molecule is Cc1nc(C)c(C(=O)C2=C(O)C(=O)N(CCN3CCOCC3)[C@@H]2c2ccc(Cl)cc2)s1. The van der Waals surface area contributed by atoms with Gasteiger partial charge in [-0.3, -0.25) is 14.5 Å². The van der Waals surface area contributed by atoms with E-state index in [2.05, 4.69) is 9.88 Å². The maximum absolute atomic E-state index is 13.5. The number of aryl methyl sites for hydroxylation is 2. The lowest BCUT2D eigenvalue weighted by Gasteiger charge is -2.31. The quantitative estimate of drug-likeness (QED) is 0.664. The molecule has 1 amide bonds. The number of carbonyl (C=O) groups excluding carboxylic acids is 2. The van der Waals surface area contributed by atoms with Gasteiger partial charge in [-0.25, -0.2) is 4.98 Å². The number of ether oxygens (including phenoxy) is 1. The van der Waals surface area contributed by atoms with Crippen LogP contribution in [0, 0.1) is 13.8 Å². The summed E-state index contributed by atoms with van der Waals surface area (Å²) in [5.74, 6) is -1.38. The van der Waals surface area contributed by atoms with Crippen molar-refractivity contribution < 1.29 is 19.4 Å². The summed E-state index contributed by atoms with van der Waals surface area (Å²) in [6.07, 6.45) is 0. The molecule has 2 aliphatic rings. The van der Waals surface area contributed by atoms with E-state index in [0.717, 1.165) is 23.7 Å². The first-order chi connectivity index (χ1) is 14.9. The number of morpholine rings is 1. The third kappa shape index (κ3) is 4.39. The number of thiazole rings is 1.